The Kier molecular flexibility index (Phi) is 10.5. The quantitative estimate of drug-likeness (QED) is 0.342. The maximum atomic E-state index is 13.9. The molecule has 0 heterocycles. The molecule has 3 rings (SSSR count). The fourth-order valence-electron chi connectivity index (χ4n) is 4.27. The molecule has 0 fully saturated rings. The number of carbonyl (C=O) groups excluding carboxylic acids is 2. The second kappa shape index (κ2) is 13.8. The molecule has 39 heavy (non-hydrogen) atoms. The topological polar surface area (TPSA) is 96.0 Å². The molecule has 208 valence electrons. The van der Waals surface area contributed by atoms with Gasteiger partial charge in [0.15, 0.2) is 0 Å². The Balaban J connectivity index is 1.98. The summed E-state index contributed by atoms with van der Waals surface area (Å²) in [5.74, 6) is -0.207. The molecule has 0 aliphatic rings. The molecule has 0 unspecified atom stereocenters. The highest BCUT2D eigenvalue weighted by molar-refractivity contribution is 7.92. The number of hydrogen-bond donors (Lipinski definition) is 1. The van der Waals surface area contributed by atoms with Crippen molar-refractivity contribution in [3.63, 3.8) is 0 Å². The Morgan fingerprint density at radius 2 is 1.49 bits per heavy atom. The molecule has 0 aliphatic heterocycles. The van der Waals surface area contributed by atoms with E-state index in [0.29, 0.717) is 24.3 Å². The van der Waals surface area contributed by atoms with Gasteiger partial charge in [-0.25, -0.2) is 8.42 Å². The minimum atomic E-state index is -4.12. The number of hydrogen-bond acceptors (Lipinski definition) is 5. The van der Waals surface area contributed by atoms with Gasteiger partial charge in [-0.2, -0.15) is 0 Å². The highest BCUT2D eigenvalue weighted by Gasteiger charge is 2.33. The van der Waals surface area contributed by atoms with E-state index in [2.05, 4.69) is 5.32 Å². The first kappa shape index (κ1) is 29.7. The average molecular weight is 552 g/mol. The maximum absolute atomic E-state index is 13.9. The van der Waals surface area contributed by atoms with Crippen LogP contribution in [0.3, 0.4) is 0 Å². The molecule has 0 aromatic heterocycles. The SMILES string of the molecule is CC[C@@H](C(=O)NC(C)C)N(CCc1ccccc1)C(=O)CN(c1ccccc1)S(=O)(=O)c1ccc(OC)cc1. The summed E-state index contributed by atoms with van der Waals surface area (Å²) in [4.78, 5) is 28.6. The number of methoxy groups -OCH3 is 1. The minimum absolute atomic E-state index is 0.0281. The number of sulfonamides is 1. The van der Waals surface area contributed by atoms with Gasteiger partial charge in [-0.15, -0.1) is 0 Å². The van der Waals surface area contributed by atoms with Crippen LogP contribution in [0.5, 0.6) is 5.75 Å². The van der Waals surface area contributed by atoms with Crippen LogP contribution in [0.25, 0.3) is 0 Å². The van der Waals surface area contributed by atoms with Crippen molar-refractivity contribution >= 4 is 27.5 Å². The van der Waals surface area contributed by atoms with Gasteiger partial charge in [0.2, 0.25) is 11.8 Å². The van der Waals surface area contributed by atoms with Gasteiger partial charge in [-0.3, -0.25) is 13.9 Å². The van der Waals surface area contributed by atoms with Crippen LogP contribution in [-0.4, -0.2) is 57.4 Å². The molecule has 0 bridgehead atoms. The molecule has 9 heteroatoms. The fourth-order valence-corrected chi connectivity index (χ4v) is 5.69. The van der Waals surface area contributed by atoms with Crippen LogP contribution >= 0.6 is 0 Å². The van der Waals surface area contributed by atoms with Crippen LogP contribution in [-0.2, 0) is 26.0 Å². The summed E-state index contributed by atoms with van der Waals surface area (Å²) in [6.07, 6.45) is 0.907. The van der Waals surface area contributed by atoms with E-state index in [1.165, 1.54) is 24.1 Å². The Morgan fingerprint density at radius 1 is 0.897 bits per heavy atom. The van der Waals surface area contributed by atoms with E-state index in [-0.39, 0.29) is 23.4 Å². The highest BCUT2D eigenvalue weighted by Crippen LogP contribution is 2.25. The Bertz CT molecular complexity index is 1310. The summed E-state index contributed by atoms with van der Waals surface area (Å²) >= 11 is 0. The molecule has 3 aromatic rings. The van der Waals surface area contributed by atoms with Crippen molar-refractivity contribution in [2.24, 2.45) is 0 Å². The average Bonchev–Trinajstić information content (AvgIpc) is 2.94. The Labute approximate surface area is 231 Å². The first-order chi connectivity index (χ1) is 18.7. The van der Waals surface area contributed by atoms with Crippen LogP contribution in [0.2, 0.25) is 0 Å². The highest BCUT2D eigenvalue weighted by atomic mass is 32.2. The van der Waals surface area contributed by atoms with Gasteiger partial charge >= 0.3 is 0 Å². The second-order valence-electron chi connectivity index (χ2n) is 9.43. The number of ether oxygens (including phenoxy) is 1. The van der Waals surface area contributed by atoms with Crippen molar-refractivity contribution in [2.75, 3.05) is 24.5 Å². The zero-order valence-corrected chi connectivity index (χ0v) is 23.7. The minimum Gasteiger partial charge on any atom is -0.497 e. The van der Waals surface area contributed by atoms with Crippen molar-refractivity contribution in [2.45, 2.75) is 50.6 Å². The first-order valence-corrected chi connectivity index (χ1v) is 14.5. The summed E-state index contributed by atoms with van der Waals surface area (Å²) in [5, 5.41) is 2.90. The summed E-state index contributed by atoms with van der Waals surface area (Å²) in [6.45, 7) is 5.37. The van der Waals surface area contributed by atoms with Gasteiger partial charge in [-0.05, 0) is 68.7 Å². The fraction of sp³-hybridized carbons (Fsp3) is 0.333. The zero-order chi connectivity index (χ0) is 28.4. The molecule has 2 amide bonds. The standard InChI is InChI=1S/C30H37N3O5S/c1-5-28(30(35)31-23(2)3)32(21-20-24-12-8-6-9-13-24)29(34)22-33(25-14-10-7-11-15-25)39(36,37)27-18-16-26(38-4)17-19-27/h6-19,23,28H,5,20-22H2,1-4H3,(H,31,35)/t28-/m0/s1. The molecule has 0 radical (unpaired) electrons. The molecular formula is C30H37N3O5S. The molecule has 1 N–H and O–H groups in total. The van der Waals surface area contributed by atoms with Crippen molar-refractivity contribution in [3.05, 3.63) is 90.5 Å². The lowest BCUT2D eigenvalue weighted by molar-refractivity contribution is -0.139. The number of anilines is 1. The lowest BCUT2D eigenvalue weighted by atomic mass is 10.1. The lowest BCUT2D eigenvalue weighted by Crippen LogP contribution is -2.54. The smallest absolute Gasteiger partial charge is 0.264 e. The third-order valence-corrected chi connectivity index (χ3v) is 8.06. The van der Waals surface area contributed by atoms with E-state index in [9.17, 15) is 18.0 Å². The third-order valence-electron chi connectivity index (χ3n) is 6.27. The number of nitrogens with one attached hydrogen (secondary N) is 1. The number of nitrogens with zero attached hydrogens (tertiary/aromatic N) is 2. The van der Waals surface area contributed by atoms with Gasteiger partial charge in [0.25, 0.3) is 10.0 Å². The van der Waals surface area contributed by atoms with Crippen molar-refractivity contribution in [1.29, 1.82) is 0 Å². The van der Waals surface area contributed by atoms with E-state index in [4.69, 9.17) is 4.74 Å². The normalized spacial score (nSPS) is 12.0. The van der Waals surface area contributed by atoms with Crippen LogP contribution in [0.15, 0.2) is 89.8 Å². The molecule has 0 aliphatic carbocycles. The molecule has 8 nitrogen and oxygen atoms in total. The van der Waals surface area contributed by atoms with Gasteiger partial charge < -0.3 is 15.0 Å². The van der Waals surface area contributed by atoms with Crippen LogP contribution in [0.1, 0.15) is 32.8 Å². The monoisotopic (exact) mass is 551 g/mol. The number of para-hydroxylation sites is 1. The number of rotatable bonds is 13. The number of amides is 2. The van der Waals surface area contributed by atoms with Crippen LogP contribution in [0.4, 0.5) is 5.69 Å². The molecule has 0 spiro atoms. The first-order valence-electron chi connectivity index (χ1n) is 13.0. The lowest BCUT2D eigenvalue weighted by Gasteiger charge is -2.33. The van der Waals surface area contributed by atoms with Crippen LogP contribution < -0.4 is 14.4 Å². The predicted molar refractivity (Wildman–Crippen MR) is 153 cm³/mol. The van der Waals surface area contributed by atoms with Gasteiger partial charge in [-0.1, -0.05) is 55.5 Å². The van der Waals surface area contributed by atoms with E-state index in [1.807, 2.05) is 51.1 Å². The molecule has 1 atom stereocenters. The molecule has 0 saturated carbocycles. The summed E-state index contributed by atoms with van der Waals surface area (Å²) in [5.41, 5.74) is 1.37. The second-order valence-corrected chi connectivity index (χ2v) is 11.3. The van der Waals surface area contributed by atoms with E-state index >= 15 is 0 Å². The zero-order valence-electron chi connectivity index (χ0n) is 22.9. The predicted octanol–water partition coefficient (Wildman–Crippen LogP) is 4.27. The van der Waals surface area contributed by atoms with Gasteiger partial charge in [0, 0.05) is 12.6 Å². The van der Waals surface area contributed by atoms with Gasteiger partial charge in [0.05, 0.1) is 17.7 Å². The van der Waals surface area contributed by atoms with E-state index in [0.717, 1.165) is 9.87 Å². The number of carbonyl (C=O) groups is 2. The van der Waals surface area contributed by atoms with Gasteiger partial charge in [0.1, 0.15) is 18.3 Å². The van der Waals surface area contributed by atoms with E-state index < -0.39 is 28.5 Å². The molecule has 3 aromatic carbocycles. The van der Waals surface area contributed by atoms with Crippen LogP contribution in [0, 0.1) is 0 Å². The summed E-state index contributed by atoms with van der Waals surface area (Å²) in [7, 11) is -2.61. The van der Waals surface area contributed by atoms with E-state index in [1.54, 1.807) is 42.5 Å². The maximum Gasteiger partial charge on any atom is 0.264 e. The molecule has 0 saturated heterocycles. The van der Waals surface area contributed by atoms with Crippen molar-refractivity contribution < 1.29 is 22.7 Å². The summed E-state index contributed by atoms with van der Waals surface area (Å²) in [6, 6.07) is 23.4. The largest absolute Gasteiger partial charge is 0.497 e. The molecular weight excluding hydrogens is 514 g/mol. The Morgan fingerprint density at radius 3 is 2.03 bits per heavy atom. The third kappa shape index (κ3) is 7.83. The number of benzene rings is 3. The van der Waals surface area contributed by atoms with Crippen molar-refractivity contribution in [3.8, 4) is 5.75 Å². The van der Waals surface area contributed by atoms with Crippen molar-refractivity contribution in [1.82, 2.24) is 10.2 Å². The Hall–Kier alpha value is -3.85. The summed E-state index contributed by atoms with van der Waals surface area (Å²) < 4.78 is 33.9.